The summed E-state index contributed by atoms with van der Waals surface area (Å²) in [5.74, 6) is 1.03. The molecule has 1 aromatic carbocycles. The topological polar surface area (TPSA) is 76.2 Å². The number of nitrogens with one attached hydrogen (secondary N) is 1. The lowest BCUT2D eigenvalue weighted by molar-refractivity contribution is -0.121. The summed E-state index contributed by atoms with van der Waals surface area (Å²) in [6, 6.07) is 11.1. The Morgan fingerprint density at radius 1 is 1.30 bits per heavy atom. The zero-order chi connectivity index (χ0) is 21.1. The van der Waals surface area contributed by atoms with Gasteiger partial charge in [0, 0.05) is 35.8 Å². The number of likely N-dealkylation sites (tertiary alicyclic amines) is 1. The molecule has 2 aromatic heterocycles. The van der Waals surface area contributed by atoms with Crippen LogP contribution in [0.2, 0.25) is 5.02 Å². The first-order valence-electron chi connectivity index (χ1n) is 9.78. The number of rotatable bonds is 5. The maximum absolute atomic E-state index is 12.5. The van der Waals surface area contributed by atoms with Gasteiger partial charge in [-0.1, -0.05) is 23.7 Å². The van der Waals surface area contributed by atoms with E-state index in [-0.39, 0.29) is 11.8 Å². The molecule has 1 aliphatic heterocycles. The minimum absolute atomic E-state index is 0.0206. The quantitative estimate of drug-likeness (QED) is 0.583. The lowest BCUT2D eigenvalue weighted by atomic mass is 9.96. The molecule has 9 heteroatoms. The first kappa shape index (κ1) is 20.7. The predicted molar refractivity (Wildman–Crippen MR) is 118 cm³/mol. The van der Waals surface area contributed by atoms with E-state index in [1.807, 2.05) is 31.2 Å². The van der Waals surface area contributed by atoms with Crippen LogP contribution in [0.25, 0.3) is 11.5 Å². The fourth-order valence-corrected chi connectivity index (χ4v) is 3.80. The Morgan fingerprint density at radius 2 is 2.10 bits per heavy atom. The van der Waals surface area contributed by atoms with E-state index < -0.39 is 0 Å². The number of carbonyl (C=O) groups is 1. The monoisotopic (exact) mass is 443 g/mol. The molecule has 0 atom stereocenters. The van der Waals surface area contributed by atoms with Crippen molar-refractivity contribution in [3.05, 3.63) is 58.0 Å². The number of aryl methyl sites for hydroxylation is 1. The van der Waals surface area contributed by atoms with Crippen molar-refractivity contribution in [1.82, 2.24) is 19.7 Å². The van der Waals surface area contributed by atoms with Crippen LogP contribution in [0.15, 0.2) is 47.0 Å². The van der Waals surface area contributed by atoms with E-state index in [0.29, 0.717) is 28.2 Å². The molecular weight excluding hydrogens is 422 g/mol. The molecular formula is C21H22ClN5O2S. The summed E-state index contributed by atoms with van der Waals surface area (Å²) in [6.07, 6.45) is 3.28. The fraction of sp³-hybridized carbons (Fsp3) is 0.333. The average molecular weight is 444 g/mol. The molecule has 1 N–H and O–H groups in total. The molecule has 0 saturated carbocycles. The van der Waals surface area contributed by atoms with Crippen LogP contribution in [0.4, 0.5) is 5.82 Å². The zero-order valence-corrected chi connectivity index (χ0v) is 18.1. The van der Waals surface area contributed by atoms with E-state index >= 15 is 0 Å². The number of amides is 1. The molecule has 0 aliphatic carbocycles. The SMILES string of the molecule is Cc1ccc(NC(=O)C2CCN(Cn3nc(-c4cccc(Cl)c4)oc3=S)CC2)nc1. The summed E-state index contributed by atoms with van der Waals surface area (Å²) in [6.45, 7) is 4.05. The summed E-state index contributed by atoms with van der Waals surface area (Å²) < 4.78 is 7.31. The van der Waals surface area contributed by atoms with E-state index in [0.717, 1.165) is 37.1 Å². The van der Waals surface area contributed by atoms with Crippen LogP contribution >= 0.6 is 23.8 Å². The molecule has 3 aromatic rings. The van der Waals surface area contributed by atoms with Gasteiger partial charge in [-0.05, 0) is 61.8 Å². The summed E-state index contributed by atoms with van der Waals surface area (Å²) in [7, 11) is 0. The first-order chi connectivity index (χ1) is 14.5. The van der Waals surface area contributed by atoms with Gasteiger partial charge in [0.2, 0.25) is 11.8 Å². The van der Waals surface area contributed by atoms with Crippen molar-refractivity contribution in [3.8, 4) is 11.5 Å². The Bertz CT molecular complexity index is 1090. The molecule has 3 heterocycles. The third kappa shape index (κ3) is 4.95. The summed E-state index contributed by atoms with van der Waals surface area (Å²) in [5, 5.41) is 8.02. The molecule has 0 radical (unpaired) electrons. The molecule has 0 unspecified atom stereocenters. The number of piperidine rings is 1. The normalized spacial score (nSPS) is 15.3. The molecule has 1 fully saturated rings. The van der Waals surface area contributed by atoms with Crippen molar-refractivity contribution in [2.75, 3.05) is 18.4 Å². The Morgan fingerprint density at radius 3 is 2.80 bits per heavy atom. The molecule has 1 amide bonds. The average Bonchev–Trinajstić information content (AvgIpc) is 3.10. The highest BCUT2D eigenvalue weighted by molar-refractivity contribution is 7.71. The van der Waals surface area contributed by atoms with Crippen molar-refractivity contribution in [2.24, 2.45) is 5.92 Å². The highest BCUT2D eigenvalue weighted by atomic mass is 35.5. The molecule has 156 valence electrons. The number of nitrogens with zero attached hydrogens (tertiary/aromatic N) is 4. The Balaban J connectivity index is 1.33. The number of hydrogen-bond donors (Lipinski definition) is 1. The van der Waals surface area contributed by atoms with Crippen molar-refractivity contribution >= 4 is 35.5 Å². The molecule has 1 aliphatic rings. The lowest BCUT2D eigenvalue weighted by Gasteiger charge is -2.30. The highest BCUT2D eigenvalue weighted by Crippen LogP contribution is 2.23. The lowest BCUT2D eigenvalue weighted by Crippen LogP contribution is -2.39. The van der Waals surface area contributed by atoms with Crippen LogP contribution < -0.4 is 5.32 Å². The number of anilines is 1. The largest absolute Gasteiger partial charge is 0.409 e. The van der Waals surface area contributed by atoms with Crippen LogP contribution in [0.5, 0.6) is 0 Å². The van der Waals surface area contributed by atoms with Crippen LogP contribution in [-0.2, 0) is 11.5 Å². The van der Waals surface area contributed by atoms with Gasteiger partial charge < -0.3 is 9.73 Å². The Kier molecular flexibility index (Phi) is 6.26. The van der Waals surface area contributed by atoms with Gasteiger partial charge in [0.05, 0.1) is 6.67 Å². The van der Waals surface area contributed by atoms with Gasteiger partial charge >= 0.3 is 0 Å². The number of hydrogen-bond acceptors (Lipinski definition) is 6. The molecule has 30 heavy (non-hydrogen) atoms. The van der Waals surface area contributed by atoms with Crippen molar-refractivity contribution in [3.63, 3.8) is 0 Å². The van der Waals surface area contributed by atoms with E-state index in [2.05, 4.69) is 20.3 Å². The third-order valence-electron chi connectivity index (χ3n) is 5.13. The standard InChI is InChI=1S/C21H22ClN5O2S/c1-14-5-6-18(23-12-14)24-19(28)15-7-9-26(10-8-15)13-27-21(30)29-20(25-27)16-3-2-4-17(22)11-16/h2-6,11-12,15H,7-10,13H2,1H3,(H,23,24,28). The van der Waals surface area contributed by atoms with Crippen LogP contribution in [0, 0.1) is 17.7 Å². The summed E-state index contributed by atoms with van der Waals surface area (Å²) in [4.78, 5) is 19.3. The molecule has 7 nitrogen and oxygen atoms in total. The second-order valence-corrected chi connectivity index (χ2v) is 8.21. The minimum Gasteiger partial charge on any atom is -0.409 e. The second kappa shape index (κ2) is 9.07. The number of halogens is 1. The maximum Gasteiger partial charge on any atom is 0.288 e. The summed E-state index contributed by atoms with van der Waals surface area (Å²) >= 11 is 11.4. The van der Waals surface area contributed by atoms with Gasteiger partial charge in [-0.2, -0.15) is 0 Å². The van der Waals surface area contributed by atoms with Gasteiger partial charge in [-0.3, -0.25) is 9.69 Å². The van der Waals surface area contributed by atoms with Gasteiger partial charge in [0.15, 0.2) is 0 Å². The van der Waals surface area contributed by atoms with Gasteiger partial charge in [-0.15, -0.1) is 5.10 Å². The Labute approximate surface area is 184 Å². The van der Waals surface area contributed by atoms with Crippen LogP contribution in [0.3, 0.4) is 0 Å². The number of aromatic nitrogens is 3. The predicted octanol–water partition coefficient (Wildman–Crippen LogP) is 4.54. The van der Waals surface area contributed by atoms with E-state index in [9.17, 15) is 4.79 Å². The first-order valence-corrected chi connectivity index (χ1v) is 10.6. The number of benzene rings is 1. The molecule has 0 bridgehead atoms. The minimum atomic E-state index is -0.0309. The zero-order valence-electron chi connectivity index (χ0n) is 16.5. The third-order valence-corrected chi connectivity index (χ3v) is 5.66. The van der Waals surface area contributed by atoms with Gasteiger partial charge in [0.25, 0.3) is 4.84 Å². The van der Waals surface area contributed by atoms with Gasteiger partial charge in [-0.25, -0.2) is 9.67 Å². The Hall–Kier alpha value is -2.55. The van der Waals surface area contributed by atoms with Crippen molar-refractivity contribution < 1.29 is 9.21 Å². The molecule has 1 saturated heterocycles. The number of pyridine rings is 1. The fourth-order valence-electron chi connectivity index (χ4n) is 3.43. The van der Waals surface area contributed by atoms with E-state index in [1.54, 1.807) is 23.0 Å². The van der Waals surface area contributed by atoms with E-state index in [1.165, 1.54) is 0 Å². The van der Waals surface area contributed by atoms with Crippen molar-refractivity contribution in [1.29, 1.82) is 0 Å². The highest BCUT2D eigenvalue weighted by Gasteiger charge is 2.26. The second-order valence-electron chi connectivity index (χ2n) is 7.43. The van der Waals surface area contributed by atoms with Crippen molar-refractivity contribution in [2.45, 2.75) is 26.4 Å². The van der Waals surface area contributed by atoms with Crippen LogP contribution in [0.1, 0.15) is 18.4 Å². The van der Waals surface area contributed by atoms with Gasteiger partial charge in [0.1, 0.15) is 5.82 Å². The molecule has 4 rings (SSSR count). The summed E-state index contributed by atoms with van der Waals surface area (Å²) in [5.41, 5.74) is 1.85. The maximum atomic E-state index is 12.5. The van der Waals surface area contributed by atoms with Crippen LogP contribution in [-0.4, -0.2) is 38.7 Å². The van der Waals surface area contributed by atoms with E-state index in [4.69, 9.17) is 28.2 Å². The smallest absolute Gasteiger partial charge is 0.288 e. The number of carbonyl (C=O) groups excluding carboxylic acids is 1. The molecule has 0 spiro atoms.